The molecule has 0 aliphatic heterocycles. The molecule has 2 aliphatic carbocycles. The fraction of sp³-hybridized carbons (Fsp3) is 0.882. The molecule has 0 bridgehead atoms. The first kappa shape index (κ1) is 14.1. The quantitative estimate of drug-likeness (QED) is 0.728. The Labute approximate surface area is 113 Å². The van der Waals surface area contributed by atoms with Crippen LogP contribution in [0.4, 0.5) is 0 Å². The van der Waals surface area contributed by atoms with Gasteiger partial charge in [0.15, 0.2) is 0 Å². The summed E-state index contributed by atoms with van der Waals surface area (Å²) < 4.78 is 0. The number of hydrogen-bond acceptors (Lipinski definition) is 1. The van der Waals surface area contributed by atoms with Crippen LogP contribution < -0.4 is 5.73 Å². The Kier molecular flexibility index (Phi) is 5.29. The van der Waals surface area contributed by atoms with E-state index in [9.17, 15) is 0 Å². The van der Waals surface area contributed by atoms with Crippen LogP contribution in [0.1, 0.15) is 64.7 Å². The fourth-order valence-electron chi connectivity index (χ4n) is 4.23. The fourth-order valence-corrected chi connectivity index (χ4v) is 4.23. The lowest BCUT2D eigenvalue weighted by Gasteiger charge is -2.38. The second kappa shape index (κ2) is 6.75. The monoisotopic (exact) mass is 249 g/mol. The van der Waals surface area contributed by atoms with Gasteiger partial charge in [0.25, 0.3) is 0 Å². The van der Waals surface area contributed by atoms with Crippen LogP contribution >= 0.6 is 0 Å². The number of nitrogens with two attached hydrogens (primary N) is 1. The predicted octanol–water partition coefficient (Wildman–Crippen LogP) is 4.52. The van der Waals surface area contributed by atoms with Crippen molar-refractivity contribution in [2.45, 2.75) is 70.8 Å². The molecule has 1 nitrogen and oxygen atoms in total. The van der Waals surface area contributed by atoms with Crippen LogP contribution in [0, 0.1) is 23.7 Å². The van der Waals surface area contributed by atoms with Crippen LogP contribution in [0.25, 0.3) is 0 Å². The van der Waals surface area contributed by atoms with Crippen molar-refractivity contribution in [3.63, 3.8) is 0 Å². The minimum absolute atomic E-state index is 0.461. The SMILES string of the molecule is C=CC1CCC(C2CCC(C(N)CC)CC2)CC1. The average Bonchev–Trinajstić information content (AvgIpc) is 2.47. The molecule has 0 aromatic heterocycles. The van der Waals surface area contributed by atoms with Gasteiger partial charge in [-0.1, -0.05) is 13.0 Å². The van der Waals surface area contributed by atoms with Crippen molar-refractivity contribution in [2.24, 2.45) is 29.4 Å². The van der Waals surface area contributed by atoms with E-state index < -0.39 is 0 Å². The summed E-state index contributed by atoms with van der Waals surface area (Å²) in [4.78, 5) is 0. The first-order valence-corrected chi connectivity index (χ1v) is 8.12. The van der Waals surface area contributed by atoms with Crippen molar-refractivity contribution >= 4 is 0 Å². The van der Waals surface area contributed by atoms with E-state index >= 15 is 0 Å². The summed E-state index contributed by atoms with van der Waals surface area (Å²) in [6, 6.07) is 0.461. The minimum atomic E-state index is 0.461. The van der Waals surface area contributed by atoms with E-state index in [0.717, 1.165) is 30.1 Å². The third-order valence-electron chi connectivity index (χ3n) is 5.71. The van der Waals surface area contributed by atoms with Crippen LogP contribution in [0.3, 0.4) is 0 Å². The number of allylic oxidation sites excluding steroid dienone is 1. The minimum Gasteiger partial charge on any atom is -0.327 e. The second-order valence-corrected chi connectivity index (χ2v) is 6.66. The van der Waals surface area contributed by atoms with Gasteiger partial charge in [-0.3, -0.25) is 0 Å². The van der Waals surface area contributed by atoms with Gasteiger partial charge in [-0.25, -0.2) is 0 Å². The molecule has 2 fully saturated rings. The van der Waals surface area contributed by atoms with E-state index in [1.165, 1.54) is 51.4 Å². The molecule has 0 aromatic rings. The van der Waals surface area contributed by atoms with Crippen LogP contribution in [0.15, 0.2) is 12.7 Å². The average molecular weight is 249 g/mol. The highest BCUT2D eigenvalue weighted by atomic mass is 14.6. The number of hydrogen-bond donors (Lipinski definition) is 1. The first-order valence-electron chi connectivity index (χ1n) is 8.12. The normalized spacial score (nSPS) is 39.2. The topological polar surface area (TPSA) is 26.0 Å². The summed E-state index contributed by atoms with van der Waals surface area (Å²) in [6.45, 7) is 6.18. The molecule has 2 aliphatic rings. The zero-order valence-electron chi connectivity index (χ0n) is 12.1. The number of rotatable bonds is 4. The largest absolute Gasteiger partial charge is 0.327 e. The molecule has 2 rings (SSSR count). The van der Waals surface area contributed by atoms with E-state index in [4.69, 9.17) is 5.73 Å². The van der Waals surface area contributed by atoms with Gasteiger partial charge < -0.3 is 5.73 Å². The summed E-state index contributed by atoms with van der Waals surface area (Å²) in [7, 11) is 0. The molecule has 1 unspecified atom stereocenters. The summed E-state index contributed by atoms with van der Waals surface area (Å²) >= 11 is 0. The summed E-state index contributed by atoms with van der Waals surface area (Å²) in [5.41, 5.74) is 6.20. The Bertz CT molecular complexity index is 244. The van der Waals surface area contributed by atoms with Gasteiger partial charge in [-0.05, 0) is 81.5 Å². The Hall–Kier alpha value is -0.300. The van der Waals surface area contributed by atoms with E-state index in [-0.39, 0.29) is 0 Å². The van der Waals surface area contributed by atoms with E-state index in [1.807, 2.05) is 0 Å². The van der Waals surface area contributed by atoms with Crippen LogP contribution in [-0.4, -0.2) is 6.04 Å². The Morgan fingerprint density at radius 3 is 1.94 bits per heavy atom. The smallest absolute Gasteiger partial charge is 0.00645 e. The van der Waals surface area contributed by atoms with Crippen molar-refractivity contribution < 1.29 is 0 Å². The van der Waals surface area contributed by atoms with Crippen LogP contribution in [-0.2, 0) is 0 Å². The zero-order valence-corrected chi connectivity index (χ0v) is 12.1. The molecular weight excluding hydrogens is 218 g/mol. The Morgan fingerprint density at radius 1 is 1.00 bits per heavy atom. The molecule has 104 valence electrons. The van der Waals surface area contributed by atoms with Gasteiger partial charge in [0.05, 0.1) is 0 Å². The van der Waals surface area contributed by atoms with Gasteiger partial charge in [0.2, 0.25) is 0 Å². The molecule has 2 saturated carbocycles. The molecule has 0 saturated heterocycles. The zero-order chi connectivity index (χ0) is 13.0. The third-order valence-corrected chi connectivity index (χ3v) is 5.71. The molecule has 0 amide bonds. The molecule has 0 spiro atoms. The van der Waals surface area contributed by atoms with Crippen molar-refractivity contribution in [3.8, 4) is 0 Å². The molecule has 2 N–H and O–H groups in total. The Balaban J connectivity index is 1.75. The standard InChI is InChI=1S/C17H31N/c1-3-13-5-7-14(8-6-13)15-9-11-16(12-10-15)17(18)4-2/h3,13-17H,1,4-12,18H2,2H3. The molecule has 18 heavy (non-hydrogen) atoms. The molecular formula is C17H31N. The molecule has 0 radical (unpaired) electrons. The third kappa shape index (κ3) is 3.38. The lowest BCUT2D eigenvalue weighted by Crippen LogP contribution is -2.34. The first-order chi connectivity index (χ1) is 8.74. The van der Waals surface area contributed by atoms with E-state index in [2.05, 4.69) is 19.6 Å². The second-order valence-electron chi connectivity index (χ2n) is 6.66. The van der Waals surface area contributed by atoms with Gasteiger partial charge in [0, 0.05) is 6.04 Å². The lowest BCUT2D eigenvalue weighted by atomic mass is 9.68. The van der Waals surface area contributed by atoms with Gasteiger partial charge >= 0.3 is 0 Å². The molecule has 0 heterocycles. The van der Waals surface area contributed by atoms with Crippen molar-refractivity contribution in [1.29, 1.82) is 0 Å². The molecule has 1 atom stereocenters. The predicted molar refractivity (Wildman–Crippen MR) is 79.4 cm³/mol. The van der Waals surface area contributed by atoms with Crippen LogP contribution in [0.5, 0.6) is 0 Å². The molecule has 1 heteroatoms. The maximum Gasteiger partial charge on any atom is 0.00645 e. The van der Waals surface area contributed by atoms with Crippen molar-refractivity contribution in [2.75, 3.05) is 0 Å². The molecule has 0 aromatic carbocycles. The van der Waals surface area contributed by atoms with Gasteiger partial charge in [-0.15, -0.1) is 6.58 Å². The van der Waals surface area contributed by atoms with Crippen molar-refractivity contribution in [1.82, 2.24) is 0 Å². The van der Waals surface area contributed by atoms with Crippen molar-refractivity contribution in [3.05, 3.63) is 12.7 Å². The maximum atomic E-state index is 6.20. The van der Waals surface area contributed by atoms with Gasteiger partial charge in [0.1, 0.15) is 0 Å². The highest BCUT2D eigenvalue weighted by molar-refractivity contribution is 4.88. The van der Waals surface area contributed by atoms with Crippen LogP contribution in [0.2, 0.25) is 0 Å². The Morgan fingerprint density at radius 2 is 1.50 bits per heavy atom. The maximum absolute atomic E-state index is 6.20. The lowest BCUT2D eigenvalue weighted by molar-refractivity contribution is 0.145. The summed E-state index contributed by atoms with van der Waals surface area (Å²) in [5.74, 6) is 3.65. The summed E-state index contributed by atoms with van der Waals surface area (Å²) in [5, 5.41) is 0. The van der Waals surface area contributed by atoms with Gasteiger partial charge in [-0.2, -0.15) is 0 Å². The highest BCUT2D eigenvalue weighted by Gasteiger charge is 2.31. The van der Waals surface area contributed by atoms with E-state index in [1.54, 1.807) is 0 Å². The highest BCUT2D eigenvalue weighted by Crippen LogP contribution is 2.42. The summed E-state index contributed by atoms with van der Waals surface area (Å²) in [6.07, 6.45) is 14.7. The van der Waals surface area contributed by atoms with E-state index in [0.29, 0.717) is 6.04 Å².